The Kier molecular flexibility index (Phi) is 7.26. The molecule has 4 unspecified atom stereocenters. The van der Waals surface area contributed by atoms with Crippen LogP contribution in [-0.4, -0.2) is 11.1 Å². The zero-order valence-corrected chi connectivity index (χ0v) is 36.9. The summed E-state index contributed by atoms with van der Waals surface area (Å²) < 4.78 is 0. The molecule has 2 heterocycles. The molecule has 6 aromatic carbocycles. The van der Waals surface area contributed by atoms with Crippen molar-refractivity contribution in [3.05, 3.63) is 156 Å². The number of para-hydroxylation sites is 2. The standard InChI is InChI=1S/C57H60N2/c1-51(2)33-54(7)47-31-39(23-27-49(47)58(56(54,9)35-51)41-17-13-11-14-18-41)37-21-25-43-44-26-22-38(30-46(44)53(5,6)45(43)29-37)40-24-28-50-48(32-40)55(8)34-52(3,4)36-57(55,10)59(50)42-19-15-12-16-20-42/h11-32H,33-36H2,1-10H3. The van der Waals surface area contributed by atoms with Crippen LogP contribution >= 0.6 is 0 Å². The summed E-state index contributed by atoms with van der Waals surface area (Å²) in [6.45, 7) is 24.9. The van der Waals surface area contributed by atoms with E-state index in [9.17, 15) is 0 Å². The van der Waals surface area contributed by atoms with Crippen LogP contribution in [0.5, 0.6) is 0 Å². The Morgan fingerprint density at radius 3 is 1.07 bits per heavy atom. The van der Waals surface area contributed by atoms with E-state index in [-0.39, 0.29) is 38.2 Å². The zero-order valence-electron chi connectivity index (χ0n) is 36.9. The maximum absolute atomic E-state index is 2.68. The summed E-state index contributed by atoms with van der Waals surface area (Å²) in [6.07, 6.45) is 4.68. The Morgan fingerprint density at radius 1 is 0.356 bits per heavy atom. The van der Waals surface area contributed by atoms with E-state index >= 15 is 0 Å². The van der Waals surface area contributed by atoms with Gasteiger partial charge in [0.1, 0.15) is 0 Å². The van der Waals surface area contributed by atoms with E-state index < -0.39 is 0 Å². The second kappa shape index (κ2) is 11.6. The fraction of sp³-hybridized carbons (Fsp3) is 0.368. The van der Waals surface area contributed by atoms with Gasteiger partial charge in [0, 0.05) is 39.0 Å². The molecule has 3 aliphatic carbocycles. The fourth-order valence-corrected chi connectivity index (χ4v) is 14.4. The molecule has 2 fully saturated rings. The predicted molar refractivity (Wildman–Crippen MR) is 250 cm³/mol. The quantitative estimate of drug-likeness (QED) is 0.176. The fourth-order valence-electron chi connectivity index (χ4n) is 14.4. The summed E-state index contributed by atoms with van der Waals surface area (Å²) in [5.74, 6) is 0. The van der Waals surface area contributed by atoms with Gasteiger partial charge in [0.2, 0.25) is 0 Å². The van der Waals surface area contributed by atoms with Crippen LogP contribution in [0, 0.1) is 10.8 Å². The molecule has 6 aromatic rings. The smallest absolute Gasteiger partial charge is 0.0523 e. The van der Waals surface area contributed by atoms with Crippen LogP contribution in [0.15, 0.2) is 133 Å². The highest BCUT2D eigenvalue weighted by Gasteiger charge is 2.65. The van der Waals surface area contributed by atoms with Gasteiger partial charge in [-0.2, -0.15) is 0 Å². The number of nitrogens with zero attached hydrogens (tertiary/aromatic N) is 2. The van der Waals surface area contributed by atoms with Crippen molar-refractivity contribution in [3.63, 3.8) is 0 Å². The molecule has 2 saturated carbocycles. The SMILES string of the molecule is CC1(C)CC2(C)c3cc(-c4ccc5c(c4)C(C)(C)c4cc(-c6ccc7c(c6)C6(C)CC(C)(C)CC6(C)N7c6ccccc6)ccc4-5)ccc3N(c3ccccc3)C2(C)C1. The molecule has 298 valence electrons. The second-order valence-electron chi connectivity index (χ2n) is 22.2. The summed E-state index contributed by atoms with van der Waals surface area (Å²) >= 11 is 0. The molecule has 5 aliphatic rings. The van der Waals surface area contributed by atoms with Crippen LogP contribution in [0.4, 0.5) is 22.7 Å². The molecule has 2 nitrogen and oxygen atoms in total. The summed E-state index contributed by atoms with van der Waals surface area (Å²) in [6, 6.07) is 51.5. The van der Waals surface area contributed by atoms with Crippen molar-refractivity contribution in [2.45, 2.75) is 122 Å². The highest BCUT2D eigenvalue weighted by Crippen LogP contribution is 2.68. The van der Waals surface area contributed by atoms with Gasteiger partial charge in [0.15, 0.2) is 0 Å². The van der Waals surface area contributed by atoms with E-state index in [2.05, 4.69) is 212 Å². The van der Waals surface area contributed by atoms with E-state index in [1.54, 1.807) is 0 Å². The van der Waals surface area contributed by atoms with Crippen molar-refractivity contribution < 1.29 is 0 Å². The molecule has 2 aliphatic heterocycles. The predicted octanol–water partition coefficient (Wildman–Crippen LogP) is 15.3. The summed E-state index contributed by atoms with van der Waals surface area (Å²) in [5, 5.41) is 0. The van der Waals surface area contributed by atoms with Gasteiger partial charge in [-0.25, -0.2) is 0 Å². The van der Waals surface area contributed by atoms with Crippen LogP contribution in [0.3, 0.4) is 0 Å². The second-order valence-corrected chi connectivity index (χ2v) is 22.2. The van der Waals surface area contributed by atoms with Crippen molar-refractivity contribution >= 4 is 22.7 Å². The van der Waals surface area contributed by atoms with Gasteiger partial charge < -0.3 is 9.80 Å². The number of anilines is 4. The van der Waals surface area contributed by atoms with Crippen molar-refractivity contribution in [3.8, 4) is 33.4 Å². The topological polar surface area (TPSA) is 6.48 Å². The number of hydrogen-bond acceptors (Lipinski definition) is 2. The summed E-state index contributed by atoms with van der Waals surface area (Å²) in [5.41, 5.74) is 19.7. The molecule has 59 heavy (non-hydrogen) atoms. The van der Waals surface area contributed by atoms with Crippen molar-refractivity contribution in [1.82, 2.24) is 0 Å². The Hall–Kier alpha value is -5.08. The minimum absolute atomic E-state index is 0.00324. The van der Waals surface area contributed by atoms with Gasteiger partial charge in [-0.15, -0.1) is 0 Å². The zero-order chi connectivity index (χ0) is 41.1. The van der Waals surface area contributed by atoms with E-state index in [4.69, 9.17) is 0 Å². The van der Waals surface area contributed by atoms with Crippen LogP contribution in [0.1, 0.15) is 117 Å². The van der Waals surface area contributed by atoms with Gasteiger partial charge in [-0.05, 0) is 167 Å². The third kappa shape index (κ3) is 4.81. The van der Waals surface area contributed by atoms with E-state index in [1.165, 1.54) is 91.2 Å². The molecule has 0 radical (unpaired) electrons. The van der Waals surface area contributed by atoms with E-state index in [0.29, 0.717) is 0 Å². The van der Waals surface area contributed by atoms with E-state index in [1.807, 2.05) is 0 Å². The van der Waals surface area contributed by atoms with E-state index in [0.717, 1.165) is 12.8 Å². The molecule has 0 bridgehead atoms. The molecule has 0 N–H and O–H groups in total. The maximum atomic E-state index is 2.68. The first-order chi connectivity index (χ1) is 27.9. The largest absolute Gasteiger partial charge is 0.334 e. The Bertz CT molecular complexity index is 2530. The lowest BCUT2D eigenvalue weighted by atomic mass is 9.71. The lowest BCUT2D eigenvalue weighted by Crippen LogP contribution is -2.49. The van der Waals surface area contributed by atoms with Gasteiger partial charge in [-0.3, -0.25) is 0 Å². The highest BCUT2D eigenvalue weighted by atomic mass is 15.3. The first kappa shape index (κ1) is 37.0. The van der Waals surface area contributed by atoms with Crippen LogP contribution < -0.4 is 9.80 Å². The Labute approximate surface area is 353 Å². The third-order valence-electron chi connectivity index (χ3n) is 16.7. The van der Waals surface area contributed by atoms with Crippen molar-refractivity contribution in [2.24, 2.45) is 10.8 Å². The number of benzene rings is 6. The molecule has 11 rings (SSSR count). The Balaban J connectivity index is 0.966. The van der Waals surface area contributed by atoms with Gasteiger partial charge >= 0.3 is 0 Å². The van der Waals surface area contributed by atoms with Gasteiger partial charge in [0.25, 0.3) is 0 Å². The van der Waals surface area contributed by atoms with Gasteiger partial charge in [-0.1, -0.05) is 128 Å². The average molecular weight is 773 g/mol. The summed E-state index contributed by atoms with van der Waals surface area (Å²) in [4.78, 5) is 5.35. The Morgan fingerprint density at radius 2 is 0.695 bits per heavy atom. The molecule has 0 saturated heterocycles. The molecular weight excluding hydrogens is 713 g/mol. The average Bonchev–Trinajstić information content (AvgIpc) is 3.76. The third-order valence-corrected chi connectivity index (χ3v) is 16.7. The molecule has 4 atom stereocenters. The van der Waals surface area contributed by atoms with Crippen molar-refractivity contribution in [2.75, 3.05) is 9.80 Å². The lowest BCUT2D eigenvalue weighted by molar-refractivity contribution is 0.330. The minimum Gasteiger partial charge on any atom is -0.334 e. The number of fused-ring (bicyclic) bond motifs is 9. The highest BCUT2D eigenvalue weighted by molar-refractivity contribution is 5.88. The summed E-state index contributed by atoms with van der Waals surface area (Å²) in [7, 11) is 0. The molecule has 2 heteroatoms. The van der Waals surface area contributed by atoms with Crippen LogP contribution in [0.25, 0.3) is 33.4 Å². The minimum atomic E-state index is -0.127. The van der Waals surface area contributed by atoms with Crippen LogP contribution in [0.2, 0.25) is 0 Å². The maximum Gasteiger partial charge on any atom is 0.0523 e. The molecule has 0 aromatic heterocycles. The van der Waals surface area contributed by atoms with Gasteiger partial charge in [0.05, 0.1) is 11.1 Å². The monoisotopic (exact) mass is 772 g/mol. The molecule has 0 spiro atoms. The lowest BCUT2D eigenvalue weighted by Gasteiger charge is -2.42. The first-order valence-electron chi connectivity index (χ1n) is 22.2. The molecular formula is C57H60N2. The molecule has 0 amide bonds. The van der Waals surface area contributed by atoms with Crippen LogP contribution in [-0.2, 0) is 16.2 Å². The normalized spacial score (nSPS) is 28.5. The van der Waals surface area contributed by atoms with Crippen molar-refractivity contribution in [1.29, 1.82) is 0 Å². The number of rotatable bonds is 4. The number of hydrogen-bond donors (Lipinski definition) is 0. The first-order valence-corrected chi connectivity index (χ1v) is 22.2.